The van der Waals surface area contributed by atoms with Gasteiger partial charge in [0, 0.05) is 17.0 Å². The van der Waals surface area contributed by atoms with Crippen molar-refractivity contribution < 1.29 is 4.39 Å². The molecule has 2 aromatic rings. The predicted octanol–water partition coefficient (Wildman–Crippen LogP) is 2.31. The Morgan fingerprint density at radius 2 is 2.00 bits per heavy atom. The van der Waals surface area contributed by atoms with E-state index in [1.54, 1.807) is 0 Å². The summed E-state index contributed by atoms with van der Waals surface area (Å²) in [7, 11) is 0. The Kier molecular flexibility index (Phi) is 1.01. The average molecular weight is 135 g/mol. The van der Waals surface area contributed by atoms with E-state index in [4.69, 9.17) is 0 Å². The largest absolute Gasteiger partial charge is 0.331 e. The first kappa shape index (κ1) is 5.47. The monoisotopic (exact) mass is 135 g/mol. The van der Waals surface area contributed by atoms with Crippen LogP contribution in [-0.2, 0) is 0 Å². The summed E-state index contributed by atoms with van der Waals surface area (Å²) in [5.41, 5.74) is 0.847. The van der Waals surface area contributed by atoms with Gasteiger partial charge in [0.25, 0.3) is 0 Å². The van der Waals surface area contributed by atoms with Crippen LogP contribution in [0, 0.1) is 5.95 Å². The van der Waals surface area contributed by atoms with Gasteiger partial charge >= 0.3 is 0 Å². The van der Waals surface area contributed by atoms with Crippen molar-refractivity contribution in [1.82, 2.24) is 4.98 Å². The average Bonchev–Trinajstić information content (AvgIpc) is 2.27. The Bertz CT molecular complexity index is 318. The molecule has 50 valence electrons. The van der Waals surface area contributed by atoms with Crippen LogP contribution in [0.3, 0.4) is 0 Å². The quantitative estimate of drug-likeness (QED) is 0.570. The van der Waals surface area contributed by atoms with E-state index in [2.05, 4.69) is 4.98 Å². The van der Waals surface area contributed by atoms with Crippen molar-refractivity contribution in [2.75, 3.05) is 0 Å². The molecule has 0 bridgehead atoms. The molecule has 0 unspecified atom stereocenters. The number of nitrogens with one attached hydrogen (secondary N) is 1. The van der Waals surface area contributed by atoms with Crippen LogP contribution in [-0.4, -0.2) is 4.98 Å². The van der Waals surface area contributed by atoms with Gasteiger partial charge in [0.15, 0.2) is 5.95 Å². The van der Waals surface area contributed by atoms with E-state index >= 15 is 0 Å². The van der Waals surface area contributed by atoms with E-state index < -0.39 is 0 Å². The number of benzene rings is 1. The van der Waals surface area contributed by atoms with Crippen molar-refractivity contribution in [3.05, 3.63) is 36.3 Å². The minimum Gasteiger partial charge on any atom is -0.331 e. The van der Waals surface area contributed by atoms with E-state index in [0.717, 1.165) is 10.9 Å². The highest BCUT2D eigenvalue weighted by Gasteiger charge is 1.95. The fraction of sp³-hybridized carbons (Fsp3) is 0. The first-order valence-corrected chi connectivity index (χ1v) is 3.09. The maximum absolute atomic E-state index is 12.5. The number of hydrogen-bond donors (Lipinski definition) is 1. The van der Waals surface area contributed by atoms with Gasteiger partial charge in [-0.1, -0.05) is 18.2 Å². The number of aromatic amines is 1. The molecule has 0 amide bonds. The molecular weight excluding hydrogens is 129 g/mol. The molecule has 0 saturated heterocycles. The van der Waals surface area contributed by atoms with Crippen LogP contribution in [0.15, 0.2) is 30.3 Å². The van der Waals surface area contributed by atoms with E-state index in [0.29, 0.717) is 0 Å². The van der Waals surface area contributed by atoms with Crippen molar-refractivity contribution >= 4 is 10.9 Å². The van der Waals surface area contributed by atoms with Crippen LogP contribution in [0.2, 0.25) is 0 Å². The summed E-state index contributed by atoms with van der Waals surface area (Å²) in [5.74, 6) is -0.277. The van der Waals surface area contributed by atoms with Crippen molar-refractivity contribution in [2.45, 2.75) is 0 Å². The Morgan fingerprint density at radius 1 is 1.20 bits per heavy atom. The van der Waals surface area contributed by atoms with Crippen molar-refractivity contribution in [3.8, 4) is 0 Å². The molecule has 10 heavy (non-hydrogen) atoms. The van der Waals surface area contributed by atoms with Gasteiger partial charge in [0.05, 0.1) is 0 Å². The fourth-order valence-electron chi connectivity index (χ4n) is 1.04. The van der Waals surface area contributed by atoms with Crippen molar-refractivity contribution in [1.29, 1.82) is 0 Å². The number of aromatic nitrogens is 1. The number of H-pyrrole nitrogens is 1. The molecule has 1 aromatic carbocycles. The zero-order chi connectivity index (χ0) is 6.97. The topological polar surface area (TPSA) is 15.8 Å². The molecule has 0 aliphatic rings. The van der Waals surface area contributed by atoms with Gasteiger partial charge < -0.3 is 4.98 Å². The van der Waals surface area contributed by atoms with Crippen LogP contribution in [0.25, 0.3) is 10.9 Å². The Morgan fingerprint density at radius 3 is 2.80 bits per heavy atom. The second-order valence-electron chi connectivity index (χ2n) is 2.20. The molecule has 0 atom stereocenters. The van der Waals surface area contributed by atoms with Crippen molar-refractivity contribution in [3.63, 3.8) is 0 Å². The molecule has 0 saturated carbocycles. The first-order chi connectivity index (χ1) is 4.86. The number of hydrogen-bond acceptors (Lipinski definition) is 0. The minimum atomic E-state index is -0.277. The standard InChI is InChI=1S/C8H6FN/c9-8-5-6-3-1-2-4-7(6)10-8/h1-5,10H. The van der Waals surface area contributed by atoms with Crippen LogP contribution in [0.4, 0.5) is 4.39 Å². The predicted molar refractivity (Wildman–Crippen MR) is 38.3 cm³/mol. The zero-order valence-corrected chi connectivity index (χ0v) is 5.26. The van der Waals surface area contributed by atoms with Gasteiger partial charge in [-0.3, -0.25) is 0 Å². The third-order valence-electron chi connectivity index (χ3n) is 1.50. The lowest BCUT2D eigenvalue weighted by Crippen LogP contribution is -1.66. The lowest BCUT2D eigenvalue weighted by molar-refractivity contribution is 0.595. The van der Waals surface area contributed by atoms with Crippen molar-refractivity contribution in [2.24, 2.45) is 0 Å². The van der Waals surface area contributed by atoms with Gasteiger partial charge in [-0.2, -0.15) is 4.39 Å². The molecular formula is C8H6FN. The van der Waals surface area contributed by atoms with Crippen LogP contribution < -0.4 is 0 Å². The Labute approximate surface area is 57.5 Å². The summed E-state index contributed by atoms with van der Waals surface area (Å²) in [6.07, 6.45) is 0. The molecule has 1 aromatic heterocycles. The molecule has 0 aliphatic heterocycles. The van der Waals surface area contributed by atoms with E-state index in [1.807, 2.05) is 24.3 Å². The second-order valence-corrected chi connectivity index (χ2v) is 2.20. The van der Waals surface area contributed by atoms with Gasteiger partial charge in [0.2, 0.25) is 0 Å². The van der Waals surface area contributed by atoms with E-state index in [9.17, 15) is 4.39 Å². The normalized spacial score (nSPS) is 10.5. The molecule has 0 spiro atoms. The molecule has 2 rings (SSSR count). The summed E-state index contributed by atoms with van der Waals surface area (Å²) in [6, 6.07) is 8.95. The number of halogens is 1. The van der Waals surface area contributed by atoms with E-state index in [-0.39, 0.29) is 5.95 Å². The summed E-state index contributed by atoms with van der Waals surface area (Å²) < 4.78 is 12.5. The Balaban J connectivity index is 2.88. The Hall–Kier alpha value is -1.31. The first-order valence-electron chi connectivity index (χ1n) is 3.09. The maximum Gasteiger partial charge on any atom is 0.192 e. The highest BCUT2D eigenvalue weighted by atomic mass is 19.1. The van der Waals surface area contributed by atoms with Gasteiger partial charge in [-0.05, 0) is 6.07 Å². The van der Waals surface area contributed by atoms with Crippen LogP contribution >= 0.6 is 0 Å². The van der Waals surface area contributed by atoms with Gasteiger partial charge in [0.1, 0.15) is 0 Å². The molecule has 0 radical (unpaired) electrons. The smallest absolute Gasteiger partial charge is 0.192 e. The minimum absolute atomic E-state index is 0.277. The second kappa shape index (κ2) is 1.84. The highest BCUT2D eigenvalue weighted by Crippen LogP contribution is 2.12. The van der Waals surface area contributed by atoms with Crippen LogP contribution in [0.1, 0.15) is 0 Å². The fourth-order valence-corrected chi connectivity index (χ4v) is 1.04. The SMILES string of the molecule is Fc1cc2ccccc2[nH]1. The third-order valence-corrected chi connectivity index (χ3v) is 1.50. The molecule has 0 aliphatic carbocycles. The van der Waals surface area contributed by atoms with Gasteiger partial charge in [-0.25, -0.2) is 0 Å². The molecule has 1 nitrogen and oxygen atoms in total. The number of rotatable bonds is 0. The summed E-state index contributed by atoms with van der Waals surface area (Å²) in [5, 5.41) is 0.917. The van der Waals surface area contributed by atoms with Crippen LogP contribution in [0.5, 0.6) is 0 Å². The lowest BCUT2D eigenvalue weighted by Gasteiger charge is -1.82. The molecule has 1 N–H and O–H groups in total. The molecule has 0 fully saturated rings. The lowest BCUT2D eigenvalue weighted by atomic mass is 10.3. The van der Waals surface area contributed by atoms with Gasteiger partial charge in [-0.15, -0.1) is 0 Å². The van der Waals surface area contributed by atoms with E-state index in [1.165, 1.54) is 6.07 Å². The summed E-state index contributed by atoms with van der Waals surface area (Å²) in [4.78, 5) is 2.59. The third kappa shape index (κ3) is 0.692. The number of para-hydroxylation sites is 1. The zero-order valence-electron chi connectivity index (χ0n) is 5.26. The number of fused-ring (bicyclic) bond motifs is 1. The molecule has 2 heteroatoms. The molecule has 1 heterocycles. The summed E-state index contributed by atoms with van der Waals surface area (Å²) in [6.45, 7) is 0. The maximum atomic E-state index is 12.5. The summed E-state index contributed by atoms with van der Waals surface area (Å²) >= 11 is 0. The highest BCUT2D eigenvalue weighted by molar-refractivity contribution is 5.79.